The molecule has 2 heterocycles. The lowest BCUT2D eigenvalue weighted by atomic mass is 9.85. The van der Waals surface area contributed by atoms with E-state index in [1.165, 1.54) is 40.3 Å². The molecule has 0 saturated carbocycles. The Morgan fingerprint density at radius 2 is 0.900 bits per heavy atom. The zero-order valence-corrected chi connectivity index (χ0v) is 23.0. The molecule has 8 aromatic rings. The van der Waals surface area contributed by atoms with Crippen molar-refractivity contribution in [3.05, 3.63) is 133 Å². The molecule has 0 saturated heterocycles. The average Bonchev–Trinajstić information content (AvgIpc) is 3.58. The molecule has 3 heteroatoms. The minimum absolute atomic E-state index is 0.682. The fourth-order valence-corrected chi connectivity index (χ4v) is 8.20. The van der Waals surface area contributed by atoms with Gasteiger partial charge in [-0.25, -0.2) is 0 Å². The van der Waals surface area contributed by atoms with E-state index in [0.29, 0.717) is 5.56 Å². The second-order valence-electron chi connectivity index (χ2n) is 10.0. The van der Waals surface area contributed by atoms with E-state index in [1.54, 1.807) is 0 Å². The molecule has 1 nitrogen and oxygen atoms in total. The Hall–Kier alpha value is -4.75. The van der Waals surface area contributed by atoms with Gasteiger partial charge in [-0.05, 0) is 58.1 Å². The molecule has 0 amide bonds. The molecule has 0 aliphatic carbocycles. The quantitative estimate of drug-likeness (QED) is 0.217. The summed E-state index contributed by atoms with van der Waals surface area (Å²) in [5.41, 5.74) is 7.33. The van der Waals surface area contributed by atoms with Crippen LogP contribution in [-0.2, 0) is 0 Å². The van der Waals surface area contributed by atoms with Crippen LogP contribution in [-0.4, -0.2) is 0 Å². The summed E-state index contributed by atoms with van der Waals surface area (Å²) in [6, 6.07) is 47.7. The normalized spacial score (nSPS) is 11.5. The van der Waals surface area contributed by atoms with Gasteiger partial charge in [-0.15, -0.1) is 22.7 Å². The third-order valence-electron chi connectivity index (χ3n) is 7.76. The molecule has 0 fully saturated rings. The van der Waals surface area contributed by atoms with Crippen LogP contribution in [0.5, 0.6) is 0 Å². The van der Waals surface area contributed by atoms with Crippen LogP contribution in [0.2, 0.25) is 0 Å². The van der Waals surface area contributed by atoms with Gasteiger partial charge in [0.2, 0.25) is 0 Å². The van der Waals surface area contributed by atoms with Gasteiger partial charge in [-0.1, -0.05) is 97.1 Å². The van der Waals surface area contributed by atoms with Gasteiger partial charge in [0, 0.05) is 45.9 Å². The Morgan fingerprint density at radius 3 is 1.48 bits per heavy atom. The fraction of sp³-hybridized carbons (Fsp3) is 0. The number of nitrogens with zero attached hydrogens (tertiary/aromatic N) is 1. The Kier molecular flexibility index (Phi) is 5.31. The number of fused-ring (bicyclic) bond motifs is 6. The van der Waals surface area contributed by atoms with E-state index in [9.17, 15) is 5.26 Å². The number of thiophene rings is 2. The van der Waals surface area contributed by atoms with Gasteiger partial charge < -0.3 is 0 Å². The van der Waals surface area contributed by atoms with E-state index in [-0.39, 0.29) is 0 Å². The van der Waals surface area contributed by atoms with Crippen molar-refractivity contribution in [2.24, 2.45) is 0 Å². The van der Waals surface area contributed by atoms with E-state index >= 15 is 0 Å². The molecule has 0 radical (unpaired) electrons. The maximum Gasteiger partial charge on any atom is 0.0998 e. The lowest BCUT2D eigenvalue weighted by Gasteiger charge is -2.17. The maximum atomic E-state index is 10.1. The highest BCUT2D eigenvalue weighted by Crippen LogP contribution is 2.45. The lowest BCUT2D eigenvalue weighted by molar-refractivity contribution is 1.47. The number of benzene rings is 6. The van der Waals surface area contributed by atoms with Crippen LogP contribution in [0.25, 0.3) is 73.7 Å². The molecule has 186 valence electrons. The molecule has 40 heavy (non-hydrogen) atoms. The molecule has 2 aromatic heterocycles. The van der Waals surface area contributed by atoms with E-state index in [0.717, 1.165) is 33.4 Å². The summed E-state index contributed by atoms with van der Waals surface area (Å²) in [5, 5.41) is 15.3. The first-order chi connectivity index (χ1) is 19.8. The van der Waals surface area contributed by atoms with Crippen LogP contribution in [0.15, 0.2) is 127 Å². The highest BCUT2D eigenvalue weighted by Gasteiger charge is 2.18. The van der Waals surface area contributed by atoms with Gasteiger partial charge in [-0.2, -0.15) is 5.26 Å². The summed E-state index contributed by atoms with van der Waals surface area (Å²) in [6.07, 6.45) is 0. The van der Waals surface area contributed by atoms with E-state index in [1.807, 2.05) is 40.9 Å². The lowest BCUT2D eigenvalue weighted by Crippen LogP contribution is -1.93. The van der Waals surface area contributed by atoms with Crippen molar-refractivity contribution in [3.63, 3.8) is 0 Å². The Morgan fingerprint density at radius 1 is 0.425 bits per heavy atom. The van der Waals surface area contributed by atoms with Gasteiger partial charge in [0.1, 0.15) is 0 Å². The van der Waals surface area contributed by atoms with Gasteiger partial charge >= 0.3 is 0 Å². The summed E-state index contributed by atoms with van der Waals surface area (Å²) in [4.78, 5) is 0. The summed E-state index contributed by atoms with van der Waals surface area (Å²) in [6.45, 7) is 0. The third kappa shape index (κ3) is 3.58. The average molecular weight is 544 g/mol. The summed E-state index contributed by atoms with van der Waals surface area (Å²) >= 11 is 3.67. The van der Waals surface area contributed by atoms with Gasteiger partial charge in [0.15, 0.2) is 0 Å². The SMILES string of the molecule is N#Cc1ccccc1-c1c(-c2ccc3c(c2)sc2ccccc23)cccc1-c1ccc2c(c1)sc1ccccc12. The van der Waals surface area contributed by atoms with Crippen LogP contribution in [0.1, 0.15) is 5.56 Å². The number of hydrogen-bond acceptors (Lipinski definition) is 3. The Balaban J connectivity index is 1.40. The van der Waals surface area contributed by atoms with E-state index < -0.39 is 0 Å². The molecular formula is C37H21NS2. The van der Waals surface area contributed by atoms with E-state index in [2.05, 4.69) is 115 Å². The summed E-state index contributed by atoms with van der Waals surface area (Å²) in [5.74, 6) is 0. The van der Waals surface area contributed by atoms with Crippen molar-refractivity contribution in [1.82, 2.24) is 0 Å². The highest BCUT2D eigenvalue weighted by molar-refractivity contribution is 7.26. The molecule has 0 unspecified atom stereocenters. The predicted octanol–water partition coefficient (Wildman–Crippen LogP) is 11.3. The van der Waals surface area contributed by atoms with Crippen LogP contribution < -0.4 is 0 Å². The first-order valence-electron chi connectivity index (χ1n) is 13.2. The smallest absolute Gasteiger partial charge is 0.0998 e. The number of rotatable bonds is 3. The predicted molar refractivity (Wildman–Crippen MR) is 173 cm³/mol. The topological polar surface area (TPSA) is 23.8 Å². The standard InChI is InChI=1S/C37H21NS2/c38-22-25-8-1-2-9-28(25)37-26(23-16-18-31-29-10-3-5-14-33(29)39-35(31)20-23)12-7-13-27(37)24-17-19-32-30-11-4-6-15-34(30)40-36(32)21-24/h1-21H. The zero-order valence-electron chi connectivity index (χ0n) is 21.4. The monoisotopic (exact) mass is 543 g/mol. The van der Waals surface area contributed by atoms with Crippen molar-refractivity contribution in [2.75, 3.05) is 0 Å². The highest BCUT2D eigenvalue weighted by atomic mass is 32.1. The first kappa shape index (κ1) is 23.2. The fourth-order valence-electron chi connectivity index (χ4n) is 5.91. The van der Waals surface area contributed by atoms with Crippen LogP contribution in [0.4, 0.5) is 0 Å². The van der Waals surface area contributed by atoms with Crippen molar-refractivity contribution >= 4 is 63.0 Å². The minimum atomic E-state index is 0.682. The third-order valence-corrected chi connectivity index (χ3v) is 10.0. The molecule has 0 aliphatic rings. The zero-order chi connectivity index (χ0) is 26.6. The largest absolute Gasteiger partial charge is 0.192 e. The molecular weight excluding hydrogens is 523 g/mol. The van der Waals surface area contributed by atoms with Gasteiger partial charge in [0.05, 0.1) is 11.6 Å². The molecule has 0 N–H and O–H groups in total. The van der Waals surface area contributed by atoms with Gasteiger partial charge in [-0.3, -0.25) is 0 Å². The Bertz CT molecular complexity index is 2160. The van der Waals surface area contributed by atoms with Crippen LogP contribution >= 0.6 is 22.7 Å². The van der Waals surface area contributed by atoms with Crippen molar-refractivity contribution in [3.8, 4) is 39.4 Å². The summed E-state index contributed by atoms with van der Waals surface area (Å²) < 4.78 is 5.15. The number of nitriles is 1. The van der Waals surface area contributed by atoms with Crippen LogP contribution in [0, 0.1) is 11.3 Å². The van der Waals surface area contributed by atoms with Crippen molar-refractivity contribution in [1.29, 1.82) is 5.26 Å². The molecule has 0 bridgehead atoms. The Labute approximate surface area is 239 Å². The van der Waals surface area contributed by atoms with E-state index in [4.69, 9.17) is 0 Å². The first-order valence-corrected chi connectivity index (χ1v) is 14.9. The molecule has 0 spiro atoms. The van der Waals surface area contributed by atoms with Crippen molar-refractivity contribution < 1.29 is 0 Å². The van der Waals surface area contributed by atoms with Crippen molar-refractivity contribution in [2.45, 2.75) is 0 Å². The second kappa shape index (κ2) is 9.17. The minimum Gasteiger partial charge on any atom is -0.192 e. The number of hydrogen-bond donors (Lipinski definition) is 0. The molecule has 6 aromatic carbocycles. The molecule has 0 aliphatic heterocycles. The second-order valence-corrected chi connectivity index (χ2v) is 12.2. The van der Waals surface area contributed by atoms with Crippen LogP contribution in [0.3, 0.4) is 0 Å². The molecule has 0 atom stereocenters. The van der Waals surface area contributed by atoms with Gasteiger partial charge in [0.25, 0.3) is 0 Å². The summed E-state index contributed by atoms with van der Waals surface area (Å²) in [7, 11) is 0. The molecule has 8 rings (SSSR count). The maximum absolute atomic E-state index is 10.1.